The minimum atomic E-state index is -0.446. The highest BCUT2D eigenvalue weighted by molar-refractivity contribution is 6.35. The highest BCUT2D eigenvalue weighted by Gasteiger charge is 2.20. The first-order valence-electron chi connectivity index (χ1n) is 10.2. The van der Waals surface area contributed by atoms with Crippen LogP contribution in [0.3, 0.4) is 0 Å². The number of amides is 1. The molecular formula is C26H19ClN2O3. The molecular weight excluding hydrogens is 424 g/mol. The molecule has 0 radical (unpaired) electrons. The summed E-state index contributed by atoms with van der Waals surface area (Å²) in [7, 11) is 0. The van der Waals surface area contributed by atoms with Crippen molar-refractivity contribution in [1.29, 1.82) is 0 Å². The van der Waals surface area contributed by atoms with Crippen LogP contribution in [0.25, 0.3) is 27.4 Å². The third-order valence-electron chi connectivity index (χ3n) is 5.54. The average molecular weight is 443 g/mol. The van der Waals surface area contributed by atoms with Crippen LogP contribution < -0.4 is 10.9 Å². The summed E-state index contributed by atoms with van der Waals surface area (Å²) in [5.74, 6) is -0.237. The van der Waals surface area contributed by atoms with Crippen LogP contribution in [0, 0.1) is 0 Å². The van der Waals surface area contributed by atoms with Gasteiger partial charge in [0.1, 0.15) is 5.58 Å². The predicted molar refractivity (Wildman–Crippen MR) is 127 cm³/mol. The van der Waals surface area contributed by atoms with E-state index in [-0.39, 0.29) is 11.5 Å². The third kappa shape index (κ3) is 3.47. The Morgan fingerprint density at radius 3 is 2.59 bits per heavy atom. The van der Waals surface area contributed by atoms with Crippen molar-refractivity contribution in [2.24, 2.45) is 0 Å². The second-order valence-electron chi connectivity index (χ2n) is 7.62. The van der Waals surface area contributed by atoms with Gasteiger partial charge >= 0.3 is 0 Å². The molecule has 0 spiro atoms. The quantitative estimate of drug-likeness (QED) is 0.378. The third-order valence-corrected chi connectivity index (χ3v) is 5.86. The van der Waals surface area contributed by atoms with Crippen LogP contribution in [0.4, 0.5) is 0 Å². The van der Waals surface area contributed by atoms with Crippen LogP contribution in [0.1, 0.15) is 29.0 Å². The molecule has 0 aliphatic rings. The Kier molecular flexibility index (Phi) is 5.04. The van der Waals surface area contributed by atoms with E-state index in [1.54, 1.807) is 35.1 Å². The summed E-state index contributed by atoms with van der Waals surface area (Å²) in [6, 6.07) is 23.2. The van der Waals surface area contributed by atoms with Crippen LogP contribution in [-0.4, -0.2) is 10.5 Å². The van der Waals surface area contributed by atoms with Gasteiger partial charge in [0, 0.05) is 22.3 Å². The van der Waals surface area contributed by atoms with Gasteiger partial charge in [-0.1, -0.05) is 41.9 Å². The second-order valence-corrected chi connectivity index (χ2v) is 8.02. The largest absolute Gasteiger partial charge is 0.464 e. The van der Waals surface area contributed by atoms with Gasteiger partial charge in [-0.25, -0.2) is 0 Å². The molecule has 1 amide bonds. The number of benzene rings is 3. The molecule has 0 saturated carbocycles. The Hall–Kier alpha value is -3.83. The standard InChI is InChI=1S/C26H19ClN2O3/c1-16(28-25(30)19-10-11-23-17(14-19)12-13-32-23)22-15-18-6-5-9-21(27)24(18)26(31)29(22)20-7-3-2-4-8-20/h2-16H,1H3,(H,28,30). The van der Waals surface area contributed by atoms with Crippen LogP contribution in [0.15, 0.2) is 94.3 Å². The molecule has 2 heterocycles. The summed E-state index contributed by atoms with van der Waals surface area (Å²) < 4.78 is 6.96. The number of rotatable bonds is 4. The number of hydrogen-bond donors (Lipinski definition) is 1. The van der Waals surface area contributed by atoms with Crippen molar-refractivity contribution in [2.45, 2.75) is 13.0 Å². The van der Waals surface area contributed by atoms with Gasteiger partial charge in [0.05, 0.1) is 22.7 Å². The highest BCUT2D eigenvalue weighted by Crippen LogP contribution is 2.26. The highest BCUT2D eigenvalue weighted by atomic mass is 35.5. The molecule has 6 heteroatoms. The Bertz CT molecular complexity index is 1520. The summed E-state index contributed by atoms with van der Waals surface area (Å²) in [5, 5.41) is 5.45. The van der Waals surface area contributed by atoms with E-state index in [4.69, 9.17) is 16.0 Å². The zero-order valence-corrected chi connectivity index (χ0v) is 18.0. The zero-order chi connectivity index (χ0) is 22.2. The van der Waals surface area contributed by atoms with E-state index in [1.807, 2.05) is 61.5 Å². The molecule has 0 aliphatic heterocycles. The maximum Gasteiger partial charge on any atom is 0.264 e. The van der Waals surface area contributed by atoms with Crippen molar-refractivity contribution in [3.63, 3.8) is 0 Å². The van der Waals surface area contributed by atoms with Gasteiger partial charge in [-0.3, -0.25) is 14.2 Å². The Balaban J connectivity index is 1.60. The fourth-order valence-corrected chi connectivity index (χ4v) is 4.23. The number of aromatic nitrogens is 1. The predicted octanol–water partition coefficient (Wildman–Crippen LogP) is 5.88. The van der Waals surface area contributed by atoms with Crippen LogP contribution >= 0.6 is 11.6 Å². The molecule has 0 saturated heterocycles. The fourth-order valence-electron chi connectivity index (χ4n) is 3.96. The first kappa shape index (κ1) is 20.1. The molecule has 1 N–H and O–H groups in total. The number of pyridine rings is 1. The summed E-state index contributed by atoms with van der Waals surface area (Å²) in [5.41, 5.74) is 2.38. The number of furan rings is 1. The lowest BCUT2D eigenvalue weighted by atomic mass is 10.1. The van der Waals surface area contributed by atoms with E-state index in [9.17, 15) is 9.59 Å². The van der Waals surface area contributed by atoms with Crippen molar-refractivity contribution < 1.29 is 9.21 Å². The summed E-state index contributed by atoms with van der Waals surface area (Å²) in [6.07, 6.45) is 1.59. The number of carbonyl (C=O) groups is 1. The molecule has 1 unspecified atom stereocenters. The molecule has 5 nitrogen and oxygen atoms in total. The number of carbonyl (C=O) groups excluding carboxylic acids is 1. The normalized spacial score (nSPS) is 12.2. The van der Waals surface area contributed by atoms with Crippen LogP contribution in [0.2, 0.25) is 5.02 Å². The van der Waals surface area contributed by atoms with Crippen molar-refractivity contribution in [2.75, 3.05) is 0 Å². The SMILES string of the molecule is CC(NC(=O)c1ccc2occc2c1)c1cc2cccc(Cl)c2c(=O)n1-c1ccccc1. The fraction of sp³-hybridized carbons (Fsp3) is 0.0769. The van der Waals surface area contributed by atoms with Gasteiger partial charge < -0.3 is 9.73 Å². The van der Waals surface area contributed by atoms with Crippen LogP contribution in [-0.2, 0) is 0 Å². The van der Waals surface area contributed by atoms with E-state index < -0.39 is 6.04 Å². The van der Waals surface area contributed by atoms with Gasteiger partial charge in [-0.05, 0) is 60.8 Å². The number of para-hydroxylation sites is 1. The maximum atomic E-state index is 13.5. The number of fused-ring (bicyclic) bond motifs is 2. The van der Waals surface area contributed by atoms with E-state index in [2.05, 4.69) is 5.32 Å². The van der Waals surface area contributed by atoms with Crippen molar-refractivity contribution >= 4 is 39.2 Å². The lowest BCUT2D eigenvalue weighted by Gasteiger charge is -2.21. The maximum absolute atomic E-state index is 13.5. The monoisotopic (exact) mass is 442 g/mol. The summed E-state index contributed by atoms with van der Waals surface area (Å²) in [4.78, 5) is 26.5. The number of nitrogens with one attached hydrogen (secondary N) is 1. The topological polar surface area (TPSA) is 64.2 Å². The first-order chi connectivity index (χ1) is 15.5. The number of hydrogen-bond acceptors (Lipinski definition) is 3. The zero-order valence-electron chi connectivity index (χ0n) is 17.2. The number of halogens is 1. The average Bonchev–Trinajstić information content (AvgIpc) is 3.27. The van der Waals surface area contributed by atoms with E-state index >= 15 is 0 Å². The number of nitrogens with zero attached hydrogens (tertiary/aromatic N) is 1. The van der Waals surface area contributed by atoms with Crippen LogP contribution in [0.5, 0.6) is 0 Å². The molecule has 5 aromatic rings. The van der Waals surface area contributed by atoms with E-state index in [0.717, 1.165) is 16.4 Å². The molecule has 32 heavy (non-hydrogen) atoms. The van der Waals surface area contributed by atoms with Crippen molar-refractivity contribution in [3.05, 3.63) is 112 Å². The Morgan fingerprint density at radius 2 is 1.78 bits per heavy atom. The second kappa shape index (κ2) is 8.02. The molecule has 158 valence electrons. The minimum absolute atomic E-state index is 0.227. The van der Waals surface area contributed by atoms with Crippen molar-refractivity contribution in [3.8, 4) is 5.69 Å². The lowest BCUT2D eigenvalue weighted by molar-refractivity contribution is 0.0939. The summed E-state index contributed by atoms with van der Waals surface area (Å²) in [6.45, 7) is 1.86. The summed E-state index contributed by atoms with van der Waals surface area (Å²) >= 11 is 6.37. The van der Waals surface area contributed by atoms with Gasteiger partial charge in [0.2, 0.25) is 0 Å². The minimum Gasteiger partial charge on any atom is -0.464 e. The van der Waals surface area contributed by atoms with Gasteiger partial charge in [-0.2, -0.15) is 0 Å². The van der Waals surface area contributed by atoms with Gasteiger partial charge in [-0.15, -0.1) is 0 Å². The molecule has 0 fully saturated rings. The van der Waals surface area contributed by atoms with Gasteiger partial charge in [0.25, 0.3) is 11.5 Å². The first-order valence-corrected chi connectivity index (χ1v) is 10.6. The smallest absolute Gasteiger partial charge is 0.264 e. The molecule has 0 bridgehead atoms. The molecule has 1 atom stereocenters. The van der Waals surface area contributed by atoms with E-state index in [1.165, 1.54) is 0 Å². The Morgan fingerprint density at radius 1 is 0.969 bits per heavy atom. The van der Waals surface area contributed by atoms with E-state index in [0.29, 0.717) is 27.4 Å². The lowest BCUT2D eigenvalue weighted by Crippen LogP contribution is -2.32. The molecule has 5 rings (SSSR count). The van der Waals surface area contributed by atoms with Crippen molar-refractivity contribution in [1.82, 2.24) is 9.88 Å². The molecule has 3 aromatic carbocycles. The molecule has 2 aromatic heterocycles. The molecule has 0 aliphatic carbocycles. The van der Waals surface area contributed by atoms with Gasteiger partial charge in [0.15, 0.2) is 0 Å². The Labute approximate surface area is 188 Å².